The third kappa shape index (κ3) is 2.22. The lowest BCUT2D eigenvalue weighted by Gasteiger charge is -2.52. The zero-order valence-corrected chi connectivity index (χ0v) is 15.0. The third-order valence-electron chi connectivity index (χ3n) is 5.82. The van der Waals surface area contributed by atoms with Crippen LogP contribution in [0.4, 0.5) is 0 Å². The molecule has 5 rings (SSSR count). The summed E-state index contributed by atoms with van der Waals surface area (Å²) < 4.78 is 0. The molecule has 0 aromatic heterocycles. The Kier molecular flexibility index (Phi) is 3.59. The summed E-state index contributed by atoms with van der Waals surface area (Å²) >= 11 is 0. The molecule has 1 spiro atoms. The lowest BCUT2D eigenvalue weighted by Crippen LogP contribution is -2.69. The van der Waals surface area contributed by atoms with E-state index >= 15 is 0 Å². The summed E-state index contributed by atoms with van der Waals surface area (Å²) in [6.07, 6.45) is 5.11. The number of rotatable bonds is 2. The van der Waals surface area contributed by atoms with E-state index in [1.54, 1.807) is 23.1 Å². The van der Waals surface area contributed by atoms with Crippen molar-refractivity contribution in [2.75, 3.05) is 0 Å². The van der Waals surface area contributed by atoms with E-state index in [0.29, 0.717) is 0 Å². The van der Waals surface area contributed by atoms with Gasteiger partial charge in [0.25, 0.3) is 0 Å². The van der Waals surface area contributed by atoms with Gasteiger partial charge in [-0.05, 0) is 28.9 Å². The molecule has 2 aliphatic heterocycles. The Morgan fingerprint density at radius 1 is 0.929 bits per heavy atom. The molecular weight excluding hydrogens is 352 g/mol. The van der Waals surface area contributed by atoms with Crippen molar-refractivity contribution in [1.29, 1.82) is 0 Å². The van der Waals surface area contributed by atoms with Crippen molar-refractivity contribution in [2.24, 2.45) is 0 Å². The number of nitrogens with zero attached hydrogens (tertiary/aromatic N) is 1. The first-order valence-corrected chi connectivity index (χ1v) is 9.29. The van der Waals surface area contributed by atoms with Crippen LogP contribution in [-0.4, -0.2) is 34.1 Å². The lowest BCUT2D eigenvalue weighted by molar-refractivity contribution is -0.147. The third-order valence-corrected chi connectivity index (χ3v) is 5.82. The summed E-state index contributed by atoms with van der Waals surface area (Å²) in [5.74, 6) is -0.529. The van der Waals surface area contributed by atoms with Crippen LogP contribution in [0.25, 0.3) is 5.57 Å². The van der Waals surface area contributed by atoms with E-state index in [4.69, 9.17) is 0 Å². The van der Waals surface area contributed by atoms with Crippen LogP contribution in [0, 0.1) is 0 Å². The van der Waals surface area contributed by atoms with Gasteiger partial charge in [0, 0.05) is 12.5 Å². The van der Waals surface area contributed by atoms with E-state index in [-0.39, 0.29) is 24.0 Å². The number of hydrogen-bond donors (Lipinski definition) is 1. The van der Waals surface area contributed by atoms with Gasteiger partial charge >= 0.3 is 0 Å². The summed E-state index contributed by atoms with van der Waals surface area (Å²) in [5.41, 5.74) is 1.60. The summed E-state index contributed by atoms with van der Waals surface area (Å²) in [6.45, 7) is 0. The fourth-order valence-electron chi connectivity index (χ4n) is 4.65. The van der Waals surface area contributed by atoms with E-state index in [0.717, 1.165) is 16.7 Å². The minimum absolute atomic E-state index is 0.0548. The molecule has 2 aromatic rings. The predicted octanol–water partition coefficient (Wildman–Crippen LogP) is 2.42. The van der Waals surface area contributed by atoms with Crippen LogP contribution >= 0.6 is 0 Å². The van der Waals surface area contributed by atoms with Gasteiger partial charge in [0.05, 0.1) is 6.04 Å². The molecule has 5 nitrogen and oxygen atoms in total. The maximum absolute atomic E-state index is 13.2. The van der Waals surface area contributed by atoms with Gasteiger partial charge in [0.2, 0.25) is 11.8 Å². The molecule has 1 N–H and O–H groups in total. The number of carbonyl (C=O) groups excluding carboxylic acids is 3. The fraction of sp³-hybridized carbons (Fsp3) is 0.174. The Morgan fingerprint density at radius 2 is 1.61 bits per heavy atom. The van der Waals surface area contributed by atoms with E-state index in [9.17, 15) is 14.4 Å². The minimum Gasteiger partial charge on any atom is -0.348 e. The molecule has 28 heavy (non-hydrogen) atoms. The van der Waals surface area contributed by atoms with E-state index in [1.807, 2.05) is 60.7 Å². The molecule has 0 unspecified atom stereocenters. The van der Waals surface area contributed by atoms with Crippen molar-refractivity contribution in [3.63, 3.8) is 0 Å². The average molecular weight is 370 g/mol. The highest BCUT2D eigenvalue weighted by Gasteiger charge is 2.60. The maximum atomic E-state index is 13.2. The van der Waals surface area contributed by atoms with Crippen molar-refractivity contribution in [3.05, 3.63) is 90.0 Å². The molecule has 2 amide bonds. The van der Waals surface area contributed by atoms with Gasteiger partial charge in [-0.15, -0.1) is 0 Å². The average Bonchev–Trinajstić information content (AvgIpc) is 3.01. The largest absolute Gasteiger partial charge is 0.348 e. The SMILES string of the molecule is O=C1C=C[C@]23C(c4ccccc4)=CC(=O)N2[C@H](c2ccccc2)C(=O)N[C@@H]3C1. The first-order valence-electron chi connectivity index (χ1n) is 9.29. The van der Waals surface area contributed by atoms with Crippen molar-refractivity contribution in [3.8, 4) is 0 Å². The summed E-state index contributed by atoms with van der Waals surface area (Å²) in [5, 5.41) is 3.03. The molecule has 0 bridgehead atoms. The monoisotopic (exact) mass is 370 g/mol. The molecule has 3 atom stereocenters. The summed E-state index contributed by atoms with van der Waals surface area (Å²) in [6, 6.07) is 17.7. The van der Waals surface area contributed by atoms with Crippen molar-refractivity contribution in [1.82, 2.24) is 10.2 Å². The Labute approximate surface area is 162 Å². The van der Waals surface area contributed by atoms with Crippen LogP contribution in [-0.2, 0) is 14.4 Å². The van der Waals surface area contributed by atoms with Gasteiger partial charge in [-0.3, -0.25) is 14.4 Å². The number of nitrogens with one attached hydrogen (secondary N) is 1. The molecule has 5 heteroatoms. The zero-order chi connectivity index (χ0) is 19.3. The number of benzene rings is 2. The maximum Gasteiger partial charge on any atom is 0.248 e. The predicted molar refractivity (Wildman–Crippen MR) is 104 cm³/mol. The highest BCUT2D eigenvalue weighted by molar-refractivity contribution is 6.10. The number of hydrogen-bond acceptors (Lipinski definition) is 3. The summed E-state index contributed by atoms with van der Waals surface area (Å²) in [4.78, 5) is 40.0. The molecule has 1 fully saturated rings. The second kappa shape index (κ2) is 6.02. The highest BCUT2D eigenvalue weighted by Crippen LogP contribution is 2.50. The first kappa shape index (κ1) is 16.7. The molecule has 0 saturated carbocycles. The molecular formula is C23H18N2O3. The van der Waals surface area contributed by atoms with Crippen LogP contribution in [0.3, 0.4) is 0 Å². The lowest BCUT2D eigenvalue weighted by atomic mass is 9.72. The van der Waals surface area contributed by atoms with Crippen LogP contribution in [0.5, 0.6) is 0 Å². The van der Waals surface area contributed by atoms with Gasteiger partial charge < -0.3 is 10.2 Å². The molecule has 3 aliphatic rings. The molecule has 2 heterocycles. The van der Waals surface area contributed by atoms with Gasteiger partial charge in [-0.25, -0.2) is 0 Å². The van der Waals surface area contributed by atoms with Crippen molar-refractivity contribution in [2.45, 2.75) is 24.0 Å². The van der Waals surface area contributed by atoms with Crippen molar-refractivity contribution >= 4 is 23.2 Å². The van der Waals surface area contributed by atoms with Gasteiger partial charge in [-0.1, -0.05) is 60.7 Å². The molecule has 0 radical (unpaired) electrons. The highest BCUT2D eigenvalue weighted by atomic mass is 16.2. The minimum atomic E-state index is -0.874. The second-order valence-corrected chi connectivity index (χ2v) is 7.34. The molecule has 1 saturated heterocycles. The standard InChI is InChI=1S/C23H18N2O3/c26-17-11-12-23-18(15-7-3-1-4-8-15)14-20(27)25(23)21(16-9-5-2-6-10-16)22(28)24-19(23)13-17/h1-12,14,19,21H,13H2,(H,24,28)/t19-,21-,23-/m1/s1. The van der Waals surface area contributed by atoms with Crippen LogP contribution in [0.2, 0.25) is 0 Å². The number of amides is 2. The molecule has 2 aromatic carbocycles. The van der Waals surface area contributed by atoms with Crippen LogP contribution in [0.15, 0.2) is 78.9 Å². The van der Waals surface area contributed by atoms with Gasteiger partial charge in [0.1, 0.15) is 11.6 Å². The Morgan fingerprint density at radius 3 is 2.32 bits per heavy atom. The van der Waals surface area contributed by atoms with Gasteiger partial charge in [0.15, 0.2) is 5.78 Å². The number of allylic oxidation sites excluding steroid dienone is 1. The van der Waals surface area contributed by atoms with E-state index < -0.39 is 17.6 Å². The van der Waals surface area contributed by atoms with Crippen LogP contribution < -0.4 is 5.32 Å². The zero-order valence-electron chi connectivity index (χ0n) is 15.0. The Bertz CT molecular complexity index is 1040. The second-order valence-electron chi connectivity index (χ2n) is 7.34. The quantitative estimate of drug-likeness (QED) is 0.883. The Balaban J connectivity index is 1.73. The fourth-order valence-corrected chi connectivity index (χ4v) is 4.65. The van der Waals surface area contributed by atoms with E-state index in [2.05, 4.69) is 5.32 Å². The Hall–Kier alpha value is -3.47. The molecule has 1 aliphatic carbocycles. The van der Waals surface area contributed by atoms with Crippen molar-refractivity contribution < 1.29 is 14.4 Å². The van der Waals surface area contributed by atoms with Crippen LogP contribution in [0.1, 0.15) is 23.6 Å². The number of ketones is 1. The number of piperazine rings is 1. The number of carbonyl (C=O) groups is 3. The molecule has 138 valence electrons. The first-order chi connectivity index (χ1) is 13.6. The normalized spacial score (nSPS) is 28.5. The van der Waals surface area contributed by atoms with Gasteiger partial charge in [-0.2, -0.15) is 0 Å². The summed E-state index contributed by atoms with van der Waals surface area (Å²) in [7, 11) is 0. The smallest absolute Gasteiger partial charge is 0.248 e. The topological polar surface area (TPSA) is 66.5 Å². The van der Waals surface area contributed by atoms with E-state index in [1.165, 1.54) is 0 Å².